The third kappa shape index (κ3) is 6.06. The fourth-order valence-corrected chi connectivity index (χ4v) is 5.81. The first-order chi connectivity index (χ1) is 19.0. The molecule has 5 N–H and O–H groups in total. The first-order valence-electron chi connectivity index (χ1n) is 12.9. The van der Waals surface area contributed by atoms with Gasteiger partial charge in [-0.2, -0.15) is 18.2 Å². The molecule has 5 rings (SSSR count). The number of carbonyl (C=O) groups excluding carboxylic acids is 1. The van der Waals surface area contributed by atoms with E-state index in [2.05, 4.69) is 26.7 Å². The van der Waals surface area contributed by atoms with Crippen LogP contribution in [-0.4, -0.2) is 77.2 Å². The molecule has 2 heterocycles. The lowest BCUT2D eigenvalue weighted by molar-refractivity contribution is -0.208. The highest BCUT2D eigenvalue weighted by Crippen LogP contribution is 2.43. The molecule has 1 saturated carbocycles. The highest BCUT2D eigenvalue weighted by molar-refractivity contribution is 6.32. The van der Waals surface area contributed by atoms with Crippen molar-refractivity contribution in [3.8, 4) is 5.75 Å². The standard InChI is InChI=1S/C26H30ClF3N6O4/c1-39-19-10-14-5-7-36(12-20(37)26(28,29)30)6-4-13(14)9-18(19)33-25-32-11-17(27)23(35-25)34-21-15-2-3-16(8-15)22(21)40-24(31)38/h2-3,9-11,15-16,20-22,37H,4-8,12H2,1H3,(H2,31,38)(H2,32,33,34,35)/t15-,16+,20-,21+,22-/m0/s1. The van der Waals surface area contributed by atoms with Crippen LogP contribution in [0, 0.1) is 11.8 Å². The van der Waals surface area contributed by atoms with E-state index in [0.717, 1.165) is 17.5 Å². The molecule has 2 aromatic rings. The minimum atomic E-state index is -4.66. The topological polar surface area (TPSA) is 135 Å². The monoisotopic (exact) mass is 582 g/mol. The second-order valence-corrected chi connectivity index (χ2v) is 10.6. The number of amides is 1. The zero-order valence-electron chi connectivity index (χ0n) is 21.6. The van der Waals surface area contributed by atoms with Crippen LogP contribution in [0.1, 0.15) is 17.5 Å². The van der Waals surface area contributed by atoms with Gasteiger partial charge in [-0.25, -0.2) is 9.78 Å². The quantitative estimate of drug-likeness (QED) is 0.344. The Balaban J connectivity index is 1.32. The fraction of sp³-hybridized carbons (Fsp3) is 0.500. The van der Waals surface area contributed by atoms with Crippen LogP contribution in [0.5, 0.6) is 5.75 Å². The van der Waals surface area contributed by atoms with Crippen molar-refractivity contribution in [2.75, 3.05) is 37.4 Å². The number of methoxy groups -OCH3 is 1. The number of nitrogens with zero attached hydrogens (tertiary/aromatic N) is 3. The average molecular weight is 583 g/mol. The molecule has 216 valence electrons. The Kier molecular flexibility index (Phi) is 7.98. The summed E-state index contributed by atoms with van der Waals surface area (Å²) >= 11 is 6.40. The lowest BCUT2D eigenvalue weighted by Gasteiger charge is -2.28. The number of hydrogen-bond acceptors (Lipinski definition) is 9. The van der Waals surface area contributed by atoms with E-state index in [0.29, 0.717) is 43.2 Å². The maximum atomic E-state index is 12.8. The molecule has 1 aromatic heterocycles. The molecule has 2 bridgehead atoms. The number of nitrogens with two attached hydrogens (primary N) is 1. The summed E-state index contributed by atoms with van der Waals surface area (Å²) in [5.74, 6) is 1.29. The van der Waals surface area contributed by atoms with E-state index in [1.54, 1.807) is 4.90 Å². The number of rotatable bonds is 8. The number of nitrogens with one attached hydrogen (secondary N) is 2. The van der Waals surface area contributed by atoms with E-state index in [9.17, 15) is 23.1 Å². The van der Waals surface area contributed by atoms with Gasteiger partial charge in [0.1, 0.15) is 16.9 Å². The van der Waals surface area contributed by atoms with Gasteiger partial charge < -0.3 is 30.9 Å². The Morgan fingerprint density at radius 1 is 1.25 bits per heavy atom. The summed E-state index contributed by atoms with van der Waals surface area (Å²) in [5, 5.41) is 16.2. The van der Waals surface area contributed by atoms with E-state index in [1.807, 2.05) is 18.2 Å². The van der Waals surface area contributed by atoms with E-state index >= 15 is 0 Å². The van der Waals surface area contributed by atoms with Crippen molar-refractivity contribution in [3.63, 3.8) is 0 Å². The molecule has 1 aromatic carbocycles. The van der Waals surface area contributed by atoms with Crippen molar-refractivity contribution in [3.05, 3.63) is 46.6 Å². The zero-order valence-corrected chi connectivity index (χ0v) is 22.4. The molecule has 40 heavy (non-hydrogen) atoms. The molecule has 1 fully saturated rings. The number of hydrogen-bond donors (Lipinski definition) is 4. The molecule has 0 spiro atoms. The van der Waals surface area contributed by atoms with Crippen molar-refractivity contribution in [2.45, 2.75) is 43.7 Å². The van der Waals surface area contributed by atoms with Gasteiger partial charge in [0.15, 0.2) is 11.9 Å². The Morgan fingerprint density at radius 3 is 2.62 bits per heavy atom. The van der Waals surface area contributed by atoms with Gasteiger partial charge in [0.25, 0.3) is 0 Å². The molecule has 1 aliphatic heterocycles. The molecule has 0 unspecified atom stereocenters. The molecule has 1 amide bonds. The number of β-amino-alcohol motifs (C(OH)–C–C–N with tert-alkyl or cyclic N) is 1. The van der Waals surface area contributed by atoms with Gasteiger partial charge in [-0.15, -0.1) is 0 Å². The Morgan fingerprint density at radius 2 is 1.95 bits per heavy atom. The summed E-state index contributed by atoms with van der Waals surface area (Å²) in [7, 11) is 1.52. The molecule has 2 aliphatic carbocycles. The van der Waals surface area contributed by atoms with Crippen molar-refractivity contribution < 1.29 is 32.5 Å². The Labute approximate surface area is 233 Å². The number of aliphatic hydroxyl groups is 1. The maximum absolute atomic E-state index is 12.8. The van der Waals surface area contributed by atoms with Gasteiger partial charge in [-0.05, 0) is 42.5 Å². The predicted octanol–water partition coefficient (Wildman–Crippen LogP) is 3.66. The number of anilines is 3. The SMILES string of the molecule is COc1cc2c(cc1Nc1ncc(Cl)c(N[C@H]3[C@@H](OC(N)=O)[C@@H]4C=C[C@H]3C4)n1)CCN(C[C@H](O)C(F)(F)F)CC2. The number of halogens is 4. The van der Waals surface area contributed by atoms with Crippen LogP contribution in [0.25, 0.3) is 0 Å². The summed E-state index contributed by atoms with van der Waals surface area (Å²) in [6.07, 6.45) is -0.973. The van der Waals surface area contributed by atoms with Crippen molar-refractivity contribution >= 4 is 35.1 Å². The highest BCUT2D eigenvalue weighted by Gasteiger charge is 2.47. The third-order valence-corrected chi connectivity index (χ3v) is 7.94. The normalized spacial score (nSPS) is 24.8. The largest absolute Gasteiger partial charge is 0.495 e. The smallest absolute Gasteiger partial charge is 0.415 e. The second-order valence-electron chi connectivity index (χ2n) is 10.2. The van der Waals surface area contributed by atoms with Gasteiger partial charge in [0.05, 0.1) is 25.0 Å². The number of ether oxygens (including phenoxy) is 2. The first-order valence-corrected chi connectivity index (χ1v) is 13.3. The minimum absolute atomic E-state index is 0.0599. The number of carbonyl (C=O) groups is 1. The van der Waals surface area contributed by atoms with Gasteiger partial charge in [-0.3, -0.25) is 4.90 Å². The van der Waals surface area contributed by atoms with E-state index in [4.69, 9.17) is 26.8 Å². The summed E-state index contributed by atoms with van der Waals surface area (Å²) in [6.45, 7) is 0.270. The Bertz CT molecular complexity index is 1300. The molecular weight excluding hydrogens is 553 g/mol. The number of benzene rings is 1. The molecular formula is C26H30ClF3N6O4. The molecule has 3 aliphatic rings. The van der Waals surface area contributed by atoms with E-state index < -0.39 is 31.0 Å². The van der Waals surface area contributed by atoms with Crippen molar-refractivity contribution in [1.29, 1.82) is 0 Å². The van der Waals surface area contributed by atoms with E-state index in [-0.39, 0.29) is 28.8 Å². The summed E-state index contributed by atoms with van der Waals surface area (Å²) in [5.41, 5.74) is 7.76. The average Bonchev–Trinajstić information content (AvgIpc) is 3.43. The first kappa shape index (κ1) is 28.2. The predicted molar refractivity (Wildman–Crippen MR) is 142 cm³/mol. The van der Waals surface area contributed by atoms with Crippen LogP contribution in [0.4, 0.5) is 35.4 Å². The van der Waals surface area contributed by atoms with Gasteiger partial charge in [0, 0.05) is 31.5 Å². The number of fused-ring (bicyclic) bond motifs is 3. The van der Waals surface area contributed by atoms with Crippen LogP contribution < -0.4 is 21.1 Å². The van der Waals surface area contributed by atoms with Crippen LogP contribution in [0.2, 0.25) is 5.02 Å². The number of aliphatic hydroxyl groups excluding tert-OH is 1. The lowest BCUT2D eigenvalue weighted by atomic mass is 9.98. The lowest BCUT2D eigenvalue weighted by Crippen LogP contribution is -2.41. The van der Waals surface area contributed by atoms with Crippen LogP contribution in [0.15, 0.2) is 30.5 Å². The molecule has 14 heteroatoms. The Hall–Kier alpha value is -3.29. The zero-order chi connectivity index (χ0) is 28.6. The molecule has 0 radical (unpaired) electrons. The molecule has 0 saturated heterocycles. The van der Waals surface area contributed by atoms with E-state index in [1.165, 1.54) is 13.3 Å². The van der Waals surface area contributed by atoms with Gasteiger partial charge in [0.2, 0.25) is 5.95 Å². The van der Waals surface area contributed by atoms with Crippen LogP contribution >= 0.6 is 11.6 Å². The van der Waals surface area contributed by atoms with Crippen molar-refractivity contribution in [2.24, 2.45) is 17.6 Å². The van der Waals surface area contributed by atoms with Gasteiger partial charge in [-0.1, -0.05) is 23.8 Å². The summed E-state index contributed by atoms with van der Waals surface area (Å²) in [4.78, 5) is 21.9. The van der Waals surface area contributed by atoms with Gasteiger partial charge >= 0.3 is 12.3 Å². The third-order valence-electron chi connectivity index (χ3n) is 7.66. The van der Waals surface area contributed by atoms with Crippen LogP contribution in [0.3, 0.4) is 0 Å². The fourth-order valence-electron chi connectivity index (χ4n) is 5.67. The minimum Gasteiger partial charge on any atom is -0.495 e. The van der Waals surface area contributed by atoms with Crippen LogP contribution in [-0.2, 0) is 17.6 Å². The number of alkyl halides is 3. The second kappa shape index (κ2) is 11.3. The summed E-state index contributed by atoms with van der Waals surface area (Å²) in [6, 6.07) is 3.47. The maximum Gasteiger partial charge on any atom is 0.415 e. The molecule has 10 nitrogen and oxygen atoms in total. The number of primary amides is 1. The number of aromatic nitrogens is 2. The molecule has 5 atom stereocenters. The summed E-state index contributed by atoms with van der Waals surface area (Å²) < 4.78 is 49.5. The highest BCUT2D eigenvalue weighted by atomic mass is 35.5. The van der Waals surface area contributed by atoms with Crippen molar-refractivity contribution in [1.82, 2.24) is 14.9 Å².